The van der Waals surface area contributed by atoms with Crippen LogP contribution in [0.4, 0.5) is 0 Å². The number of nitrogens with one attached hydrogen (secondary N) is 2. The number of hydrogen-bond donors (Lipinski definition) is 2. The second-order valence-corrected chi connectivity index (χ2v) is 7.06. The molecule has 0 amide bonds. The fourth-order valence-electron chi connectivity index (χ4n) is 2.44. The van der Waals surface area contributed by atoms with Gasteiger partial charge >= 0.3 is 0 Å². The van der Waals surface area contributed by atoms with E-state index in [1.165, 1.54) is 4.88 Å². The van der Waals surface area contributed by atoms with E-state index < -0.39 is 0 Å². The van der Waals surface area contributed by atoms with Crippen LogP contribution in [0.1, 0.15) is 28.1 Å². The molecule has 6 nitrogen and oxygen atoms in total. The van der Waals surface area contributed by atoms with Crippen molar-refractivity contribution < 1.29 is 9.47 Å². The summed E-state index contributed by atoms with van der Waals surface area (Å²) in [6.45, 7) is 8.17. The van der Waals surface area contributed by atoms with Crippen LogP contribution < -0.4 is 20.1 Å². The van der Waals surface area contributed by atoms with Crippen LogP contribution in [0.2, 0.25) is 0 Å². The Morgan fingerprint density at radius 3 is 2.59 bits per heavy atom. The lowest BCUT2D eigenvalue weighted by atomic mass is 10.2. The minimum Gasteiger partial charge on any atom is -0.493 e. The van der Waals surface area contributed by atoms with Gasteiger partial charge in [0.2, 0.25) is 0 Å². The highest BCUT2D eigenvalue weighted by atomic mass is 127. The molecule has 8 heteroatoms. The third-order valence-corrected chi connectivity index (χ3v) is 5.05. The van der Waals surface area contributed by atoms with E-state index in [1.54, 1.807) is 25.5 Å². The molecule has 0 bridgehead atoms. The third kappa shape index (κ3) is 7.17. The first kappa shape index (κ1) is 23.5. The molecule has 1 aromatic carbocycles. The van der Waals surface area contributed by atoms with Gasteiger partial charge in [-0.15, -0.1) is 35.3 Å². The molecule has 1 aromatic heterocycles. The smallest absolute Gasteiger partial charge is 0.191 e. The maximum atomic E-state index is 5.55. The van der Waals surface area contributed by atoms with E-state index in [9.17, 15) is 0 Å². The van der Waals surface area contributed by atoms with Crippen LogP contribution >= 0.6 is 35.3 Å². The molecule has 0 radical (unpaired) electrons. The molecule has 0 unspecified atom stereocenters. The van der Waals surface area contributed by atoms with Gasteiger partial charge in [-0.3, -0.25) is 4.99 Å². The van der Waals surface area contributed by atoms with Gasteiger partial charge in [0, 0.05) is 31.4 Å². The van der Waals surface area contributed by atoms with Crippen molar-refractivity contribution in [1.29, 1.82) is 0 Å². The fraction of sp³-hybridized carbons (Fsp3) is 0.474. The molecule has 0 aliphatic heterocycles. The molecular weight excluding hydrogens is 475 g/mol. The molecule has 27 heavy (non-hydrogen) atoms. The Hall–Kier alpha value is -1.55. The summed E-state index contributed by atoms with van der Waals surface area (Å²) in [5, 5.41) is 7.80. The number of thiazole rings is 1. The van der Waals surface area contributed by atoms with Crippen LogP contribution in [-0.2, 0) is 13.0 Å². The normalized spacial score (nSPS) is 10.9. The maximum absolute atomic E-state index is 5.55. The first-order valence-electron chi connectivity index (χ1n) is 8.74. The van der Waals surface area contributed by atoms with Gasteiger partial charge in [0.15, 0.2) is 17.5 Å². The van der Waals surface area contributed by atoms with E-state index in [1.807, 2.05) is 32.0 Å². The SMILES string of the molecule is CCOc1ccc(CNC(=NC)NCCc2nc(C)c(C)s2)cc1OC.I. The Balaban J connectivity index is 0.00000364. The summed E-state index contributed by atoms with van der Waals surface area (Å²) in [4.78, 5) is 10.1. The molecule has 0 atom stereocenters. The van der Waals surface area contributed by atoms with E-state index in [0.29, 0.717) is 13.2 Å². The van der Waals surface area contributed by atoms with E-state index in [-0.39, 0.29) is 24.0 Å². The van der Waals surface area contributed by atoms with Gasteiger partial charge in [0.05, 0.1) is 24.4 Å². The number of rotatable bonds is 8. The molecule has 0 saturated heterocycles. The molecule has 0 saturated carbocycles. The number of benzene rings is 1. The Labute approximate surface area is 182 Å². The van der Waals surface area contributed by atoms with Gasteiger partial charge in [-0.05, 0) is 38.5 Å². The summed E-state index contributed by atoms with van der Waals surface area (Å²) < 4.78 is 10.9. The van der Waals surface area contributed by atoms with Gasteiger partial charge < -0.3 is 20.1 Å². The molecule has 2 N–H and O–H groups in total. The van der Waals surface area contributed by atoms with Crippen LogP contribution in [0.3, 0.4) is 0 Å². The third-order valence-electron chi connectivity index (χ3n) is 3.92. The van der Waals surface area contributed by atoms with Gasteiger partial charge in [-0.25, -0.2) is 4.98 Å². The monoisotopic (exact) mass is 504 g/mol. The summed E-state index contributed by atoms with van der Waals surface area (Å²) in [6, 6.07) is 5.93. The summed E-state index contributed by atoms with van der Waals surface area (Å²) in [5.41, 5.74) is 2.22. The zero-order chi connectivity index (χ0) is 18.9. The number of nitrogens with zero attached hydrogens (tertiary/aromatic N) is 2. The summed E-state index contributed by atoms with van der Waals surface area (Å²) in [5.74, 6) is 2.27. The molecule has 2 aromatic rings. The molecule has 0 spiro atoms. The molecule has 0 aliphatic carbocycles. The number of ether oxygens (including phenoxy) is 2. The molecular formula is C19H29IN4O2S. The predicted octanol–water partition coefficient (Wildman–Crippen LogP) is 3.69. The van der Waals surface area contributed by atoms with E-state index >= 15 is 0 Å². The quantitative estimate of drug-likeness (QED) is 0.326. The zero-order valence-electron chi connectivity index (χ0n) is 16.6. The zero-order valence-corrected chi connectivity index (χ0v) is 19.7. The standard InChI is InChI=1S/C19H28N4O2S.HI/c1-6-25-16-8-7-15(11-17(16)24-5)12-22-19(20-4)21-10-9-18-23-13(2)14(3)26-18;/h7-8,11H,6,9-10,12H2,1-5H3,(H2,20,21,22);1H. The number of guanidine groups is 1. The lowest BCUT2D eigenvalue weighted by Crippen LogP contribution is -2.37. The van der Waals surface area contributed by atoms with Crippen LogP contribution in [0.25, 0.3) is 0 Å². The van der Waals surface area contributed by atoms with Crippen molar-refractivity contribution in [2.45, 2.75) is 33.7 Å². The highest BCUT2D eigenvalue weighted by Gasteiger charge is 2.07. The maximum Gasteiger partial charge on any atom is 0.191 e. The number of aromatic nitrogens is 1. The molecule has 2 rings (SSSR count). The average molecular weight is 504 g/mol. The number of aryl methyl sites for hydroxylation is 2. The van der Waals surface area contributed by atoms with Gasteiger partial charge in [-0.2, -0.15) is 0 Å². The minimum absolute atomic E-state index is 0. The van der Waals surface area contributed by atoms with Crippen LogP contribution in [0.15, 0.2) is 23.2 Å². The topological polar surface area (TPSA) is 67.8 Å². The molecule has 0 aliphatic rings. The fourth-order valence-corrected chi connectivity index (χ4v) is 3.37. The first-order valence-corrected chi connectivity index (χ1v) is 9.56. The largest absolute Gasteiger partial charge is 0.493 e. The average Bonchev–Trinajstić information content (AvgIpc) is 2.96. The molecule has 150 valence electrons. The van der Waals surface area contributed by atoms with Crippen LogP contribution in [-0.4, -0.2) is 38.3 Å². The van der Waals surface area contributed by atoms with Crippen molar-refractivity contribution >= 4 is 41.3 Å². The number of halogens is 1. The highest BCUT2D eigenvalue weighted by molar-refractivity contribution is 14.0. The Morgan fingerprint density at radius 2 is 2.00 bits per heavy atom. The summed E-state index contributed by atoms with van der Waals surface area (Å²) in [7, 11) is 3.42. The second-order valence-electron chi connectivity index (χ2n) is 5.77. The van der Waals surface area contributed by atoms with E-state index in [0.717, 1.165) is 46.7 Å². The van der Waals surface area contributed by atoms with Gasteiger partial charge in [0.25, 0.3) is 0 Å². The van der Waals surface area contributed by atoms with Crippen molar-refractivity contribution in [3.63, 3.8) is 0 Å². The van der Waals surface area contributed by atoms with E-state index in [2.05, 4.69) is 27.5 Å². The van der Waals surface area contributed by atoms with Gasteiger partial charge in [-0.1, -0.05) is 6.07 Å². The summed E-state index contributed by atoms with van der Waals surface area (Å²) >= 11 is 1.76. The van der Waals surface area contributed by atoms with Crippen molar-refractivity contribution in [2.75, 3.05) is 27.3 Å². The Kier molecular flexibility index (Phi) is 10.5. The Bertz CT molecular complexity index is 730. The van der Waals surface area contributed by atoms with Crippen molar-refractivity contribution in [3.8, 4) is 11.5 Å². The van der Waals surface area contributed by atoms with Crippen molar-refractivity contribution in [1.82, 2.24) is 15.6 Å². The second kappa shape index (κ2) is 12.0. The number of hydrogen-bond acceptors (Lipinski definition) is 5. The minimum atomic E-state index is 0. The predicted molar refractivity (Wildman–Crippen MR) is 123 cm³/mol. The lowest BCUT2D eigenvalue weighted by Gasteiger charge is -2.13. The van der Waals surface area contributed by atoms with E-state index in [4.69, 9.17) is 9.47 Å². The van der Waals surface area contributed by atoms with Gasteiger partial charge in [0.1, 0.15) is 0 Å². The van der Waals surface area contributed by atoms with Crippen molar-refractivity contribution in [2.24, 2.45) is 4.99 Å². The molecule has 1 heterocycles. The number of aliphatic imine (C=N–C) groups is 1. The Morgan fingerprint density at radius 1 is 1.22 bits per heavy atom. The van der Waals surface area contributed by atoms with Crippen LogP contribution in [0.5, 0.6) is 11.5 Å². The highest BCUT2D eigenvalue weighted by Crippen LogP contribution is 2.27. The lowest BCUT2D eigenvalue weighted by molar-refractivity contribution is 0.310. The van der Waals surface area contributed by atoms with Crippen LogP contribution in [0, 0.1) is 13.8 Å². The first-order chi connectivity index (χ1) is 12.6. The molecule has 0 fully saturated rings. The summed E-state index contributed by atoms with van der Waals surface area (Å²) in [6.07, 6.45) is 0.886. The van der Waals surface area contributed by atoms with Crippen molar-refractivity contribution in [3.05, 3.63) is 39.3 Å². The number of methoxy groups -OCH3 is 1.